The maximum Gasteiger partial charge on any atom is 0.240 e. The van der Waals surface area contributed by atoms with Crippen LogP contribution in [0.1, 0.15) is 32.9 Å². The first-order valence-electron chi connectivity index (χ1n) is 8.12. The third kappa shape index (κ3) is 4.46. The molecule has 0 bridgehead atoms. The van der Waals surface area contributed by atoms with Crippen molar-refractivity contribution in [3.63, 3.8) is 0 Å². The molecule has 3 heterocycles. The van der Waals surface area contributed by atoms with Crippen LogP contribution in [-0.4, -0.2) is 48.7 Å². The molecule has 0 spiro atoms. The summed E-state index contributed by atoms with van der Waals surface area (Å²) in [6, 6.07) is 1.81. The summed E-state index contributed by atoms with van der Waals surface area (Å²) in [7, 11) is 0. The Kier molecular flexibility index (Phi) is 5.70. The zero-order valence-electron chi connectivity index (χ0n) is 14.1. The lowest BCUT2D eigenvalue weighted by atomic mass is 9.89. The average Bonchev–Trinajstić information content (AvgIpc) is 3.05. The number of carbonyl (C=O) groups excluding carboxylic acids is 1. The van der Waals surface area contributed by atoms with E-state index in [2.05, 4.69) is 41.5 Å². The summed E-state index contributed by atoms with van der Waals surface area (Å²) in [6.45, 7) is 10.9. The molecule has 2 atom stereocenters. The number of piperidine rings is 1. The molecule has 3 rings (SSSR count). The van der Waals surface area contributed by atoms with Gasteiger partial charge >= 0.3 is 0 Å². The molecular weight excluding hydrogens is 316 g/mol. The summed E-state index contributed by atoms with van der Waals surface area (Å²) in [6.07, 6.45) is 1.18. The average molecular weight is 343 g/mol. The number of carbonyl (C=O) groups is 1. The SMILES string of the molecule is CC(C)(C)c1cc(NC(=O)CN2CCC3CNCC3C2)on1.Cl. The Bertz CT molecular complexity index is 540. The largest absolute Gasteiger partial charge is 0.338 e. The monoisotopic (exact) mass is 342 g/mol. The fourth-order valence-corrected chi connectivity index (χ4v) is 3.32. The number of aromatic nitrogens is 1. The van der Waals surface area contributed by atoms with E-state index in [1.165, 1.54) is 6.42 Å². The zero-order valence-corrected chi connectivity index (χ0v) is 14.9. The molecule has 2 fully saturated rings. The Morgan fingerprint density at radius 2 is 2.17 bits per heavy atom. The Hall–Kier alpha value is -1.11. The molecule has 2 saturated heterocycles. The summed E-state index contributed by atoms with van der Waals surface area (Å²) >= 11 is 0. The van der Waals surface area contributed by atoms with Crippen molar-refractivity contribution >= 4 is 24.2 Å². The van der Waals surface area contributed by atoms with E-state index in [-0.39, 0.29) is 23.7 Å². The lowest BCUT2D eigenvalue weighted by molar-refractivity contribution is -0.118. The maximum atomic E-state index is 12.2. The number of hydrogen-bond acceptors (Lipinski definition) is 5. The molecule has 7 heteroatoms. The molecule has 1 aromatic heterocycles. The van der Waals surface area contributed by atoms with Crippen molar-refractivity contribution in [2.24, 2.45) is 11.8 Å². The van der Waals surface area contributed by atoms with Crippen molar-refractivity contribution in [2.75, 3.05) is 38.0 Å². The van der Waals surface area contributed by atoms with Crippen LogP contribution in [0.15, 0.2) is 10.6 Å². The van der Waals surface area contributed by atoms with Crippen LogP contribution in [0.2, 0.25) is 0 Å². The molecule has 2 aliphatic heterocycles. The van der Waals surface area contributed by atoms with Gasteiger partial charge in [0.25, 0.3) is 0 Å². The second-order valence-corrected chi connectivity index (χ2v) is 7.58. The predicted octanol–water partition coefficient (Wildman–Crippen LogP) is 1.87. The van der Waals surface area contributed by atoms with Crippen molar-refractivity contribution in [2.45, 2.75) is 32.6 Å². The Balaban J connectivity index is 0.00000192. The van der Waals surface area contributed by atoms with E-state index in [9.17, 15) is 4.79 Å². The zero-order chi connectivity index (χ0) is 15.7. The lowest BCUT2D eigenvalue weighted by Crippen LogP contribution is -2.43. The number of likely N-dealkylation sites (tertiary alicyclic amines) is 1. The quantitative estimate of drug-likeness (QED) is 0.877. The molecule has 0 radical (unpaired) electrons. The Labute approximate surface area is 143 Å². The summed E-state index contributed by atoms with van der Waals surface area (Å²) < 4.78 is 5.21. The molecule has 1 aromatic rings. The highest BCUT2D eigenvalue weighted by Crippen LogP contribution is 2.26. The Morgan fingerprint density at radius 3 is 2.87 bits per heavy atom. The molecule has 0 saturated carbocycles. The highest BCUT2D eigenvalue weighted by molar-refractivity contribution is 5.91. The highest BCUT2D eigenvalue weighted by Gasteiger charge is 2.33. The van der Waals surface area contributed by atoms with Crippen LogP contribution in [0.3, 0.4) is 0 Å². The smallest absolute Gasteiger partial charge is 0.240 e. The van der Waals surface area contributed by atoms with Crippen molar-refractivity contribution in [3.05, 3.63) is 11.8 Å². The van der Waals surface area contributed by atoms with Gasteiger partial charge in [-0.2, -0.15) is 0 Å². The first-order valence-corrected chi connectivity index (χ1v) is 8.12. The van der Waals surface area contributed by atoms with E-state index in [4.69, 9.17) is 4.52 Å². The number of nitrogens with zero attached hydrogens (tertiary/aromatic N) is 2. The van der Waals surface area contributed by atoms with Gasteiger partial charge in [-0.1, -0.05) is 25.9 Å². The molecule has 23 heavy (non-hydrogen) atoms. The van der Waals surface area contributed by atoms with Gasteiger partial charge in [0, 0.05) is 18.0 Å². The van der Waals surface area contributed by atoms with Crippen LogP contribution < -0.4 is 10.6 Å². The van der Waals surface area contributed by atoms with Gasteiger partial charge in [0.15, 0.2) is 0 Å². The number of anilines is 1. The standard InChI is InChI=1S/C16H26N4O2.ClH/c1-16(2,3)13-6-15(22-19-13)18-14(21)10-20-5-4-11-7-17-8-12(11)9-20;/h6,11-12,17H,4-5,7-10H2,1-3H3,(H,18,21);1H. The fraction of sp³-hybridized carbons (Fsp3) is 0.750. The van der Waals surface area contributed by atoms with E-state index in [0.717, 1.165) is 37.8 Å². The maximum absolute atomic E-state index is 12.2. The third-order valence-electron chi connectivity index (χ3n) is 4.70. The molecule has 2 aliphatic rings. The summed E-state index contributed by atoms with van der Waals surface area (Å²) in [5.74, 6) is 1.90. The van der Waals surface area contributed by atoms with Crippen LogP contribution in [0.5, 0.6) is 0 Å². The minimum Gasteiger partial charge on any atom is -0.338 e. The second-order valence-electron chi connectivity index (χ2n) is 7.58. The van der Waals surface area contributed by atoms with Gasteiger partial charge in [-0.15, -0.1) is 12.4 Å². The summed E-state index contributed by atoms with van der Waals surface area (Å²) in [5, 5.41) is 10.3. The molecule has 2 N–H and O–H groups in total. The van der Waals surface area contributed by atoms with E-state index < -0.39 is 0 Å². The number of amides is 1. The van der Waals surface area contributed by atoms with Gasteiger partial charge in [-0.3, -0.25) is 15.0 Å². The third-order valence-corrected chi connectivity index (χ3v) is 4.70. The molecular formula is C16H27ClN4O2. The van der Waals surface area contributed by atoms with E-state index in [1.54, 1.807) is 0 Å². The van der Waals surface area contributed by atoms with Gasteiger partial charge in [0.1, 0.15) is 0 Å². The van der Waals surface area contributed by atoms with E-state index in [0.29, 0.717) is 18.3 Å². The van der Waals surface area contributed by atoms with E-state index >= 15 is 0 Å². The van der Waals surface area contributed by atoms with Gasteiger partial charge < -0.3 is 9.84 Å². The van der Waals surface area contributed by atoms with E-state index in [1.807, 2.05) is 6.07 Å². The molecule has 0 aromatic carbocycles. The van der Waals surface area contributed by atoms with Crippen LogP contribution in [-0.2, 0) is 10.2 Å². The molecule has 0 aliphatic carbocycles. The van der Waals surface area contributed by atoms with Gasteiger partial charge in [-0.05, 0) is 37.9 Å². The normalized spacial score (nSPS) is 24.8. The van der Waals surface area contributed by atoms with Gasteiger partial charge in [0.05, 0.1) is 12.2 Å². The number of halogens is 1. The minimum atomic E-state index is -0.0795. The van der Waals surface area contributed by atoms with Crippen LogP contribution in [0, 0.1) is 11.8 Å². The topological polar surface area (TPSA) is 70.4 Å². The molecule has 130 valence electrons. The van der Waals surface area contributed by atoms with Crippen LogP contribution >= 0.6 is 12.4 Å². The number of rotatable bonds is 3. The number of fused-ring (bicyclic) bond motifs is 1. The van der Waals surface area contributed by atoms with Gasteiger partial charge in [-0.25, -0.2) is 0 Å². The first kappa shape index (κ1) is 18.2. The van der Waals surface area contributed by atoms with Crippen molar-refractivity contribution < 1.29 is 9.32 Å². The Morgan fingerprint density at radius 1 is 1.43 bits per heavy atom. The number of hydrogen-bond donors (Lipinski definition) is 2. The minimum absolute atomic E-state index is 0. The number of nitrogens with one attached hydrogen (secondary N) is 2. The van der Waals surface area contributed by atoms with Crippen molar-refractivity contribution in [1.82, 2.24) is 15.4 Å². The second kappa shape index (κ2) is 7.20. The van der Waals surface area contributed by atoms with Crippen LogP contribution in [0.4, 0.5) is 5.88 Å². The van der Waals surface area contributed by atoms with Crippen LogP contribution in [0.25, 0.3) is 0 Å². The predicted molar refractivity (Wildman–Crippen MR) is 92.0 cm³/mol. The fourth-order valence-electron chi connectivity index (χ4n) is 3.32. The highest BCUT2D eigenvalue weighted by atomic mass is 35.5. The summed E-state index contributed by atoms with van der Waals surface area (Å²) in [4.78, 5) is 14.4. The summed E-state index contributed by atoms with van der Waals surface area (Å²) in [5.41, 5.74) is 0.768. The van der Waals surface area contributed by atoms with Crippen molar-refractivity contribution in [3.8, 4) is 0 Å². The molecule has 6 nitrogen and oxygen atoms in total. The lowest BCUT2D eigenvalue weighted by Gasteiger charge is -2.33. The molecule has 2 unspecified atom stereocenters. The van der Waals surface area contributed by atoms with Gasteiger partial charge in [0.2, 0.25) is 11.8 Å². The molecule has 1 amide bonds. The van der Waals surface area contributed by atoms with Crippen molar-refractivity contribution in [1.29, 1.82) is 0 Å². The first-order chi connectivity index (χ1) is 10.4.